The van der Waals surface area contributed by atoms with Crippen molar-refractivity contribution in [3.05, 3.63) is 71.8 Å². The van der Waals surface area contributed by atoms with Gasteiger partial charge in [0.25, 0.3) is 5.91 Å². The molecule has 0 aliphatic carbocycles. The van der Waals surface area contributed by atoms with Crippen molar-refractivity contribution in [2.24, 2.45) is 7.05 Å². The van der Waals surface area contributed by atoms with Gasteiger partial charge in [-0.05, 0) is 37.6 Å². The molecule has 0 bridgehead atoms. The average Bonchev–Trinajstić information content (AvgIpc) is 3.13. The maximum atomic E-state index is 13.9. The minimum atomic E-state index is -0.586. The van der Waals surface area contributed by atoms with E-state index < -0.39 is 17.8 Å². The predicted molar refractivity (Wildman–Crippen MR) is 118 cm³/mol. The molecule has 2 atom stereocenters. The maximum absolute atomic E-state index is 13.9. The van der Waals surface area contributed by atoms with Gasteiger partial charge in [0.05, 0.1) is 16.9 Å². The van der Waals surface area contributed by atoms with Gasteiger partial charge in [0.2, 0.25) is 5.91 Å². The van der Waals surface area contributed by atoms with Crippen LogP contribution in [0.3, 0.4) is 0 Å². The second-order valence-electron chi connectivity index (χ2n) is 6.94. The lowest BCUT2D eigenvalue weighted by Crippen LogP contribution is -2.29. The van der Waals surface area contributed by atoms with Gasteiger partial charge in [-0.3, -0.25) is 9.59 Å². The molecule has 0 unspecified atom stereocenters. The summed E-state index contributed by atoms with van der Waals surface area (Å²) in [5.74, 6) is -0.734. The van der Waals surface area contributed by atoms with E-state index in [0.29, 0.717) is 17.4 Å². The van der Waals surface area contributed by atoms with Crippen molar-refractivity contribution in [2.45, 2.75) is 36.7 Å². The minimum absolute atomic E-state index is 0.0326. The van der Waals surface area contributed by atoms with E-state index in [0.717, 1.165) is 5.69 Å². The number of rotatable bonds is 8. The molecule has 0 radical (unpaired) electrons. The van der Waals surface area contributed by atoms with Crippen LogP contribution in [0.25, 0.3) is 0 Å². The zero-order valence-electron chi connectivity index (χ0n) is 17.5. The number of amides is 2. The smallest absolute Gasteiger partial charge is 0.254 e. The summed E-state index contributed by atoms with van der Waals surface area (Å²) >= 11 is 1.30. The van der Waals surface area contributed by atoms with Gasteiger partial charge < -0.3 is 15.2 Å². The number of para-hydroxylation sites is 1. The molecule has 0 aliphatic rings. The number of aromatic nitrogens is 3. The molecule has 2 aromatic carbocycles. The van der Waals surface area contributed by atoms with Gasteiger partial charge in [0.1, 0.15) is 5.82 Å². The topological polar surface area (TPSA) is 88.9 Å². The van der Waals surface area contributed by atoms with Gasteiger partial charge >= 0.3 is 0 Å². The van der Waals surface area contributed by atoms with E-state index in [1.54, 1.807) is 24.6 Å². The number of halogens is 1. The lowest BCUT2D eigenvalue weighted by atomic mass is 10.2. The summed E-state index contributed by atoms with van der Waals surface area (Å²) in [5.41, 5.74) is 0.699. The third-order valence-corrected chi connectivity index (χ3v) is 6.07. The van der Waals surface area contributed by atoms with Crippen molar-refractivity contribution < 1.29 is 14.0 Å². The lowest BCUT2D eigenvalue weighted by molar-refractivity contribution is -0.115. The number of nitrogens with zero attached hydrogens (tertiary/aromatic N) is 3. The van der Waals surface area contributed by atoms with Crippen LogP contribution in [0.1, 0.15) is 42.5 Å². The van der Waals surface area contributed by atoms with E-state index in [2.05, 4.69) is 20.8 Å². The molecule has 1 heterocycles. The summed E-state index contributed by atoms with van der Waals surface area (Å²) in [4.78, 5) is 25.0. The predicted octanol–water partition coefficient (Wildman–Crippen LogP) is 3.95. The van der Waals surface area contributed by atoms with Crippen LogP contribution in [0.5, 0.6) is 0 Å². The number of thioether (sulfide) groups is 1. The molecule has 31 heavy (non-hydrogen) atoms. The van der Waals surface area contributed by atoms with Crippen LogP contribution in [-0.2, 0) is 11.8 Å². The highest BCUT2D eigenvalue weighted by molar-refractivity contribution is 8.00. The Morgan fingerprint density at radius 2 is 1.77 bits per heavy atom. The molecule has 2 amide bonds. The van der Waals surface area contributed by atoms with Crippen molar-refractivity contribution in [3.8, 4) is 0 Å². The zero-order valence-corrected chi connectivity index (χ0v) is 18.3. The summed E-state index contributed by atoms with van der Waals surface area (Å²) in [7, 11) is 1.77. The number of benzene rings is 2. The van der Waals surface area contributed by atoms with Crippen molar-refractivity contribution in [3.63, 3.8) is 0 Å². The Bertz CT molecular complexity index is 1060. The molecule has 9 heteroatoms. The van der Waals surface area contributed by atoms with Crippen LogP contribution in [0.2, 0.25) is 0 Å². The molecular formula is C22H24FN5O2S. The molecule has 1 aromatic heterocycles. The first-order valence-electron chi connectivity index (χ1n) is 9.88. The third-order valence-electron chi connectivity index (χ3n) is 4.67. The molecule has 3 aromatic rings. The molecular weight excluding hydrogens is 417 g/mol. The van der Waals surface area contributed by atoms with Gasteiger partial charge in [0, 0.05) is 12.7 Å². The van der Waals surface area contributed by atoms with E-state index in [-0.39, 0.29) is 16.7 Å². The fourth-order valence-corrected chi connectivity index (χ4v) is 3.91. The maximum Gasteiger partial charge on any atom is 0.254 e. The summed E-state index contributed by atoms with van der Waals surface area (Å²) in [6.07, 6.45) is 0.602. The third kappa shape index (κ3) is 5.49. The van der Waals surface area contributed by atoms with E-state index in [4.69, 9.17) is 0 Å². The van der Waals surface area contributed by atoms with E-state index in [1.165, 1.54) is 30.0 Å². The Hall–Kier alpha value is -3.20. The average molecular weight is 442 g/mol. The normalized spacial score (nSPS) is 12.8. The summed E-state index contributed by atoms with van der Waals surface area (Å²) in [6.45, 7) is 3.67. The minimum Gasteiger partial charge on any atom is -0.342 e. The van der Waals surface area contributed by atoms with Gasteiger partial charge in [-0.25, -0.2) is 4.39 Å². The van der Waals surface area contributed by atoms with Gasteiger partial charge in [-0.2, -0.15) is 0 Å². The standard InChI is InChI=1S/C22H24FN5O2S/c1-4-18(21(30)25-15-10-6-5-7-11-15)31-22-27-26-19(28(22)3)14(2)24-20(29)16-12-8-9-13-17(16)23/h5-14,18H,4H2,1-3H3,(H,24,29)(H,25,30)/t14-,18+/m1/s1. The molecule has 0 fully saturated rings. The van der Waals surface area contributed by atoms with Gasteiger partial charge in [0.15, 0.2) is 11.0 Å². The first-order valence-corrected chi connectivity index (χ1v) is 10.8. The van der Waals surface area contributed by atoms with Crippen LogP contribution < -0.4 is 10.6 Å². The number of carbonyl (C=O) groups is 2. The van der Waals surface area contributed by atoms with Crippen LogP contribution in [-0.4, -0.2) is 31.8 Å². The molecule has 0 saturated heterocycles. The second-order valence-corrected chi connectivity index (χ2v) is 8.11. The Morgan fingerprint density at radius 3 is 2.45 bits per heavy atom. The summed E-state index contributed by atoms with van der Waals surface area (Å²) in [6, 6.07) is 14.5. The number of hydrogen-bond donors (Lipinski definition) is 2. The van der Waals surface area contributed by atoms with Crippen molar-refractivity contribution in [2.75, 3.05) is 5.32 Å². The quantitative estimate of drug-likeness (QED) is 0.517. The highest BCUT2D eigenvalue weighted by Crippen LogP contribution is 2.26. The SMILES string of the molecule is CC[C@H](Sc1nnc([C@@H](C)NC(=O)c2ccccc2F)n1C)C(=O)Nc1ccccc1. The summed E-state index contributed by atoms with van der Waals surface area (Å²) < 4.78 is 15.6. The molecule has 162 valence electrons. The molecule has 0 saturated carbocycles. The lowest BCUT2D eigenvalue weighted by Gasteiger charge is -2.16. The number of anilines is 1. The molecule has 7 nitrogen and oxygen atoms in total. The Kier molecular flexibility index (Phi) is 7.41. The molecule has 0 spiro atoms. The van der Waals surface area contributed by atoms with Crippen molar-refractivity contribution >= 4 is 29.3 Å². The summed E-state index contributed by atoms with van der Waals surface area (Å²) in [5, 5.41) is 14.2. The Balaban J connectivity index is 1.67. The monoisotopic (exact) mass is 441 g/mol. The van der Waals surface area contributed by atoms with Crippen molar-refractivity contribution in [1.29, 1.82) is 0 Å². The Morgan fingerprint density at radius 1 is 1.10 bits per heavy atom. The number of nitrogens with one attached hydrogen (secondary N) is 2. The van der Waals surface area contributed by atoms with Gasteiger partial charge in [-0.15, -0.1) is 10.2 Å². The highest BCUT2D eigenvalue weighted by Gasteiger charge is 2.24. The molecule has 0 aliphatic heterocycles. The van der Waals surface area contributed by atoms with E-state index in [1.807, 2.05) is 37.3 Å². The first kappa shape index (κ1) is 22.5. The van der Waals surface area contributed by atoms with Crippen LogP contribution in [0.15, 0.2) is 59.8 Å². The largest absolute Gasteiger partial charge is 0.342 e. The fourth-order valence-electron chi connectivity index (χ4n) is 2.98. The number of carbonyl (C=O) groups excluding carboxylic acids is 2. The van der Waals surface area contributed by atoms with E-state index in [9.17, 15) is 14.0 Å². The van der Waals surface area contributed by atoms with Crippen LogP contribution in [0.4, 0.5) is 10.1 Å². The molecule has 2 N–H and O–H groups in total. The van der Waals surface area contributed by atoms with Crippen LogP contribution in [0, 0.1) is 5.82 Å². The van der Waals surface area contributed by atoms with Crippen LogP contribution >= 0.6 is 11.8 Å². The van der Waals surface area contributed by atoms with Crippen molar-refractivity contribution in [1.82, 2.24) is 20.1 Å². The number of hydrogen-bond acceptors (Lipinski definition) is 5. The molecule has 3 rings (SSSR count). The highest BCUT2D eigenvalue weighted by atomic mass is 32.2. The fraction of sp³-hybridized carbons (Fsp3) is 0.273. The van der Waals surface area contributed by atoms with E-state index >= 15 is 0 Å². The zero-order chi connectivity index (χ0) is 22.4. The van der Waals surface area contributed by atoms with Gasteiger partial charge in [-0.1, -0.05) is 49.0 Å². The first-order chi connectivity index (χ1) is 14.9. The second kappa shape index (κ2) is 10.2. The Labute approximate surface area is 184 Å².